The Morgan fingerprint density at radius 2 is 2.14 bits per heavy atom. The molecule has 1 N–H and O–H groups in total. The third-order valence-electron chi connectivity index (χ3n) is 5.98. The lowest BCUT2D eigenvalue weighted by Gasteiger charge is -2.32. The fourth-order valence-electron chi connectivity index (χ4n) is 4.23. The van der Waals surface area contributed by atoms with Crippen molar-refractivity contribution in [3.8, 4) is 0 Å². The number of fused-ring (bicyclic) bond motifs is 1. The highest BCUT2D eigenvalue weighted by molar-refractivity contribution is 5.94. The van der Waals surface area contributed by atoms with E-state index in [4.69, 9.17) is 0 Å². The maximum atomic E-state index is 12.4. The van der Waals surface area contributed by atoms with Gasteiger partial charge in [0, 0.05) is 50.2 Å². The van der Waals surface area contributed by atoms with E-state index in [1.165, 1.54) is 37.1 Å². The molecule has 148 valence electrons. The third-order valence-corrected chi connectivity index (χ3v) is 5.98. The first-order chi connectivity index (χ1) is 13.7. The van der Waals surface area contributed by atoms with Gasteiger partial charge in [0.1, 0.15) is 5.82 Å². The van der Waals surface area contributed by atoms with E-state index < -0.39 is 0 Å². The second kappa shape index (κ2) is 8.69. The first kappa shape index (κ1) is 18.9. The van der Waals surface area contributed by atoms with Crippen LogP contribution in [0.5, 0.6) is 0 Å². The lowest BCUT2D eigenvalue weighted by atomic mass is 10.0. The quantitative estimate of drug-likeness (QED) is 0.865. The predicted octanol–water partition coefficient (Wildman–Crippen LogP) is 2.64. The summed E-state index contributed by atoms with van der Waals surface area (Å²) in [6, 6.07) is 8.52. The molecular weight excluding hydrogens is 350 g/mol. The molecule has 2 aliphatic heterocycles. The number of nitrogens with zero attached hydrogens (tertiary/aromatic N) is 4. The van der Waals surface area contributed by atoms with Gasteiger partial charge >= 0.3 is 0 Å². The molecule has 2 aliphatic rings. The van der Waals surface area contributed by atoms with Crippen LogP contribution in [0.3, 0.4) is 0 Å². The second-order valence-corrected chi connectivity index (χ2v) is 7.86. The van der Waals surface area contributed by atoms with E-state index in [0.717, 1.165) is 31.7 Å². The van der Waals surface area contributed by atoms with Crippen molar-refractivity contribution < 1.29 is 4.79 Å². The Kier molecular flexibility index (Phi) is 5.86. The Labute approximate surface area is 167 Å². The fraction of sp³-hybridized carbons (Fsp3) is 0.500. The molecular formula is C22H29N5O. The predicted molar refractivity (Wildman–Crippen MR) is 110 cm³/mol. The molecule has 1 unspecified atom stereocenters. The summed E-state index contributed by atoms with van der Waals surface area (Å²) in [7, 11) is 2.18. The topological polar surface area (TPSA) is 61.4 Å². The van der Waals surface area contributed by atoms with Gasteiger partial charge in [-0.05, 0) is 56.6 Å². The van der Waals surface area contributed by atoms with Crippen LogP contribution in [0.4, 0.5) is 5.82 Å². The summed E-state index contributed by atoms with van der Waals surface area (Å²) in [4.78, 5) is 26.1. The number of hydrogen-bond donors (Lipinski definition) is 1. The Bertz CT molecular complexity index is 807. The minimum Gasteiger partial charge on any atom is -0.352 e. The number of pyridine rings is 2. The van der Waals surface area contributed by atoms with Crippen LogP contribution in [-0.2, 0) is 13.0 Å². The zero-order chi connectivity index (χ0) is 19.3. The van der Waals surface area contributed by atoms with Gasteiger partial charge in [0.05, 0.1) is 5.56 Å². The van der Waals surface area contributed by atoms with Crippen LogP contribution < -0.4 is 10.2 Å². The number of rotatable bonds is 5. The van der Waals surface area contributed by atoms with Gasteiger partial charge in [-0.2, -0.15) is 0 Å². The highest BCUT2D eigenvalue weighted by atomic mass is 16.1. The number of hydrogen-bond acceptors (Lipinski definition) is 5. The van der Waals surface area contributed by atoms with Crippen molar-refractivity contribution in [2.75, 3.05) is 31.6 Å². The summed E-state index contributed by atoms with van der Waals surface area (Å²) in [6.07, 6.45) is 9.30. The minimum absolute atomic E-state index is 0.0364. The van der Waals surface area contributed by atoms with Gasteiger partial charge in [-0.15, -0.1) is 0 Å². The molecule has 28 heavy (non-hydrogen) atoms. The van der Waals surface area contributed by atoms with E-state index in [2.05, 4.69) is 38.2 Å². The van der Waals surface area contributed by atoms with Gasteiger partial charge in [-0.1, -0.05) is 12.5 Å². The van der Waals surface area contributed by atoms with Crippen molar-refractivity contribution in [3.63, 3.8) is 0 Å². The lowest BCUT2D eigenvalue weighted by molar-refractivity contribution is 0.0945. The molecule has 0 radical (unpaired) electrons. The molecule has 1 amide bonds. The molecule has 2 aromatic rings. The Balaban J connectivity index is 1.30. The van der Waals surface area contributed by atoms with E-state index in [1.54, 1.807) is 6.20 Å². The van der Waals surface area contributed by atoms with Crippen LogP contribution in [0.25, 0.3) is 0 Å². The second-order valence-electron chi connectivity index (χ2n) is 7.86. The Morgan fingerprint density at radius 1 is 1.21 bits per heavy atom. The third kappa shape index (κ3) is 4.33. The first-order valence-corrected chi connectivity index (χ1v) is 10.3. The Morgan fingerprint density at radius 3 is 2.96 bits per heavy atom. The minimum atomic E-state index is -0.0364. The van der Waals surface area contributed by atoms with Crippen LogP contribution in [0, 0.1) is 0 Å². The van der Waals surface area contributed by atoms with Gasteiger partial charge in [-0.25, -0.2) is 4.98 Å². The molecule has 1 saturated heterocycles. The van der Waals surface area contributed by atoms with Crippen molar-refractivity contribution in [2.45, 2.75) is 44.7 Å². The van der Waals surface area contributed by atoms with Crippen molar-refractivity contribution >= 4 is 11.7 Å². The molecule has 4 heterocycles. The molecule has 0 saturated carbocycles. The average Bonchev–Trinajstić information content (AvgIpc) is 2.75. The Hall–Kier alpha value is -2.47. The van der Waals surface area contributed by atoms with Gasteiger partial charge < -0.3 is 15.1 Å². The van der Waals surface area contributed by atoms with E-state index in [-0.39, 0.29) is 5.91 Å². The first-order valence-electron chi connectivity index (χ1n) is 10.3. The molecule has 0 aromatic carbocycles. The number of carbonyl (C=O) groups is 1. The molecule has 1 fully saturated rings. The lowest BCUT2D eigenvalue weighted by Crippen LogP contribution is -2.39. The average molecular weight is 380 g/mol. The monoisotopic (exact) mass is 379 g/mol. The maximum absolute atomic E-state index is 12.4. The summed E-state index contributed by atoms with van der Waals surface area (Å²) in [5.74, 6) is 0.876. The maximum Gasteiger partial charge on any atom is 0.252 e. The van der Waals surface area contributed by atoms with Crippen LogP contribution in [0.15, 0.2) is 36.7 Å². The van der Waals surface area contributed by atoms with E-state index in [1.807, 2.05) is 24.4 Å². The molecule has 0 aliphatic carbocycles. The largest absolute Gasteiger partial charge is 0.352 e. The standard InChI is InChI=1S/C22H29N5O/c1-26-13-3-2-6-19(26)9-12-24-22(28)17-7-8-21(25-15-17)27-14-10-20-18(16-27)5-4-11-23-20/h4-5,7-8,11,15,19H,2-3,6,9-10,12-14,16H2,1H3,(H,24,28). The summed E-state index contributed by atoms with van der Waals surface area (Å²) in [5, 5.41) is 3.05. The van der Waals surface area contributed by atoms with Crippen molar-refractivity contribution in [1.29, 1.82) is 0 Å². The summed E-state index contributed by atoms with van der Waals surface area (Å²) >= 11 is 0. The van der Waals surface area contributed by atoms with Gasteiger partial charge in [0.25, 0.3) is 5.91 Å². The molecule has 1 atom stereocenters. The van der Waals surface area contributed by atoms with Crippen LogP contribution in [0.1, 0.15) is 47.3 Å². The number of carbonyl (C=O) groups excluding carboxylic acids is 1. The van der Waals surface area contributed by atoms with Crippen molar-refractivity contribution in [1.82, 2.24) is 20.2 Å². The summed E-state index contributed by atoms with van der Waals surface area (Å²) < 4.78 is 0. The number of nitrogens with one attached hydrogen (secondary N) is 1. The number of aromatic nitrogens is 2. The number of amides is 1. The van der Waals surface area contributed by atoms with Gasteiger partial charge in [-0.3, -0.25) is 9.78 Å². The fourth-order valence-corrected chi connectivity index (χ4v) is 4.23. The van der Waals surface area contributed by atoms with Gasteiger partial charge in [0.2, 0.25) is 0 Å². The summed E-state index contributed by atoms with van der Waals surface area (Å²) in [6.45, 7) is 3.60. The molecule has 0 spiro atoms. The molecule has 2 aromatic heterocycles. The number of anilines is 1. The van der Waals surface area contributed by atoms with Gasteiger partial charge in [0.15, 0.2) is 0 Å². The zero-order valence-electron chi connectivity index (χ0n) is 16.6. The number of piperidine rings is 1. The molecule has 0 bridgehead atoms. The van der Waals surface area contributed by atoms with Crippen LogP contribution in [0.2, 0.25) is 0 Å². The van der Waals surface area contributed by atoms with E-state index in [0.29, 0.717) is 18.2 Å². The molecule has 4 rings (SSSR count). The van der Waals surface area contributed by atoms with Crippen molar-refractivity contribution in [2.24, 2.45) is 0 Å². The highest BCUT2D eigenvalue weighted by Crippen LogP contribution is 2.22. The molecule has 6 nitrogen and oxygen atoms in total. The van der Waals surface area contributed by atoms with Crippen LogP contribution in [-0.4, -0.2) is 53.5 Å². The van der Waals surface area contributed by atoms with Crippen molar-refractivity contribution in [3.05, 3.63) is 53.5 Å². The number of likely N-dealkylation sites (tertiary alicyclic amines) is 1. The van der Waals surface area contributed by atoms with Crippen LogP contribution >= 0.6 is 0 Å². The smallest absolute Gasteiger partial charge is 0.252 e. The molecule has 6 heteroatoms. The highest BCUT2D eigenvalue weighted by Gasteiger charge is 2.20. The SMILES string of the molecule is CN1CCCCC1CCNC(=O)c1ccc(N2CCc3ncccc3C2)nc1. The zero-order valence-corrected chi connectivity index (χ0v) is 16.6. The summed E-state index contributed by atoms with van der Waals surface area (Å²) in [5.41, 5.74) is 3.06. The van der Waals surface area contributed by atoms with E-state index >= 15 is 0 Å². The van der Waals surface area contributed by atoms with E-state index in [9.17, 15) is 4.79 Å². The normalized spacial score (nSPS) is 19.9.